The third-order valence-electron chi connectivity index (χ3n) is 3.71. The maximum atomic E-state index is 12.1. The average molecular weight is 417 g/mol. The van der Waals surface area contributed by atoms with E-state index in [2.05, 4.69) is 15.5 Å². The topological polar surface area (TPSA) is 88.3 Å². The first-order chi connectivity index (χ1) is 13.5. The van der Waals surface area contributed by atoms with Gasteiger partial charge in [0.1, 0.15) is 0 Å². The van der Waals surface area contributed by atoms with E-state index < -0.39 is 0 Å². The van der Waals surface area contributed by atoms with Crippen LogP contribution in [-0.2, 0) is 11.2 Å². The van der Waals surface area contributed by atoms with Crippen LogP contribution in [0.15, 0.2) is 51.2 Å². The van der Waals surface area contributed by atoms with Crippen molar-refractivity contribution in [2.45, 2.75) is 24.2 Å². The SMILES string of the molecule is CN(C)C(=O)Sc1ccc(NC(=O)CCCc2nc(-c3cccs3)no2)cc1. The summed E-state index contributed by atoms with van der Waals surface area (Å²) >= 11 is 2.70. The van der Waals surface area contributed by atoms with Gasteiger partial charge in [-0.25, -0.2) is 0 Å². The zero-order valence-corrected chi connectivity index (χ0v) is 17.2. The molecule has 28 heavy (non-hydrogen) atoms. The number of nitrogens with one attached hydrogen (secondary N) is 1. The van der Waals surface area contributed by atoms with Gasteiger partial charge in [-0.3, -0.25) is 9.59 Å². The molecule has 0 saturated carbocycles. The van der Waals surface area contributed by atoms with Crippen LogP contribution < -0.4 is 5.32 Å². The Bertz CT molecular complexity index is 921. The molecule has 2 aromatic heterocycles. The van der Waals surface area contributed by atoms with Gasteiger partial charge < -0.3 is 14.7 Å². The molecule has 7 nitrogen and oxygen atoms in total. The Balaban J connectivity index is 1.42. The number of thioether (sulfide) groups is 1. The number of rotatable bonds is 7. The number of anilines is 1. The minimum atomic E-state index is -0.0808. The van der Waals surface area contributed by atoms with Gasteiger partial charge in [-0.15, -0.1) is 11.3 Å². The molecule has 3 aromatic rings. The molecule has 3 rings (SSSR count). The predicted octanol–water partition coefficient (Wildman–Crippen LogP) is 4.53. The van der Waals surface area contributed by atoms with E-state index in [9.17, 15) is 9.59 Å². The Morgan fingerprint density at radius 2 is 2.00 bits per heavy atom. The third-order valence-corrected chi connectivity index (χ3v) is 5.63. The molecule has 2 heterocycles. The second kappa shape index (κ2) is 9.52. The lowest BCUT2D eigenvalue weighted by molar-refractivity contribution is -0.116. The molecule has 0 bridgehead atoms. The Morgan fingerprint density at radius 3 is 2.68 bits per heavy atom. The van der Waals surface area contributed by atoms with E-state index in [-0.39, 0.29) is 11.1 Å². The van der Waals surface area contributed by atoms with Crippen LogP contribution in [0.25, 0.3) is 10.7 Å². The number of benzene rings is 1. The van der Waals surface area contributed by atoms with Gasteiger partial charge in [0.15, 0.2) is 0 Å². The van der Waals surface area contributed by atoms with Crippen LogP contribution in [0.2, 0.25) is 0 Å². The maximum Gasteiger partial charge on any atom is 0.285 e. The van der Waals surface area contributed by atoms with Crippen molar-refractivity contribution in [1.29, 1.82) is 0 Å². The van der Waals surface area contributed by atoms with Crippen LogP contribution in [0.3, 0.4) is 0 Å². The number of amides is 2. The van der Waals surface area contributed by atoms with Gasteiger partial charge in [0.25, 0.3) is 5.24 Å². The summed E-state index contributed by atoms with van der Waals surface area (Å²) in [4.78, 5) is 31.4. The van der Waals surface area contributed by atoms with Crippen molar-refractivity contribution in [3.8, 4) is 10.7 Å². The van der Waals surface area contributed by atoms with Crippen LogP contribution >= 0.6 is 23.1 Å². The molecule has 0 atom stereocenters. The third kappa shape index (κ3) is 5.67. The van der Waals surface area contributed by atoms with E-state index in [1.165, 1.54) is 4.90 Å². The molecular weight excluding hydrogens is 396 g/mol. The van der Waals surface area contributed by atoms with E-state index >= 15 is 0 Å². The highest BCUT2D eigenvalue weighted by Gasteiger charge is 2.11. The van der Waals surface area contributed by atoms with Gasteiger partial charge in [0, 0.05) is 37.5 Å². The van der Waals surface area contributed by atoms with Gasteiger partial charge in [0.05, 0.1) is 4.88 Å². The van der Waals surface area contributed by atoms with Crippen LogP contribution in [0, 0.1) is 0 Å². The monoisotopic (exact) mass is 416 g/mol. The molecule has 0 saturated heterocycles. The highest BCUT2D eigenvalue weighted by molar-refractivity contribution is 8.13. The summed E-state index contributed by atoms with van der Waals surface area (Å²) in [6, 6.07) is 11.1. The number of aromatic nitrogens is 2. The fourth-order valence-electron chi connectivity index (χ4n) is 2.28. The normalized spacial score (nSPS) is 10.6. The van der Waals surface area contributed by atoms with Crippen molar-refractivity contribution in [3.63, 3.8) is 0 Å². The van der Waals surface area contributed by atoms with E-state index in [1.54, 1.807) is 37.6 Å². The van der Waals surface area contributed by atoms with Crippen LogP contribution in [0.5, 0.6) is 0 Å². The summed E-state index contributed by atoms with van der Waals surface area (Å²) in [7, 11) is 3.42. The summed E-state index contributed by atoms with van der Waals surface area (Å²) in [5.41, 5.74) is 0.699. The van der Waals surface area contributed by atoms with Gasteiger partial charge >= 0.3 is 0 Å². The van der Waals surface area contributed by atoms with Crippen molar-refractivity contribution in [3.05, 3.63) is 47.7 Å². The molecule has 0 aliphatic rings. The van der Waals surface area contributed by atoms with E-state index in [4.69, 9.17) is 4.52 Å². The first-order valence-electron chi connectivity index (χ1n) is 8.67. The molecule has 9 heteroatoms. The fraction of sp³-hybridized carbons (Fsp3) is 0.263. The van der Waals surface area contributed by atoms with Gasteiger partial charge in [-0.1, -0.05) is 11.2 Å². The highest BCUT2D eigenvalue weighted by atomic mass is 32.2. The number of nitrogens with zero attached hydrogens (tertiary/aromatic N) is 3. The number of hydrogen-bond acceptors (Lipinski definition) is 7. The summed E-state index contributed by atoms with van der Waals surface area (Å²) in [5.74, 6) is 1.03. The lowest BCUT2D eigenvalue weighted by Crippen LogP contribution is -2.16. The maximum absolute atomic E-state index is 12.1. The van der Waals surface area contributed by atoms with Crippen molar-refractivity contribution in [2.75, 3.05) is 19.4 Å². The lowest BCUT2D eigenvalue weighted by Gasteiger charge is -2.09. The van der Waals surface area contributed by atoms with E-state index in [0.29, 0.717) is 36.7 Å². The molecular formula is C19H20N4O3S2. The zero-order chi connectivity index (χ0) is 19.9. The minimum absolute atomic E-state index is 0.0416. The number of hydrogen-bond donors (Lipinski definition) is 1. The van der Waals surface area contributed by atoms with Gasteiger partial charge in [-0.05, 0) is 53.9 Å². The largest absolute Gasteiger partial charge is 0.339 e. The summed E-state index contributed by atoms with van der Waals surface area (Å²) in [5, 5.41) is 8.73. The van der Waals surface area contributed by atoms with Crippen LogP contribution in [0.1, 0.15) is 18.7 Å². The number of thiophene rings is 1. The first kappa shape index (κ1) is 20.1. The fourth-order valence-corrected chi connectivity index (χ4v) is 3.59. The Kier molecular flexibility index (Phi) is 6.83. The van der Waals surface area contributed by atoms with Gasteiger partial charge in [-0.2, -0.15) is 4.98 Å². The molecule has 1 N–H and O–H groups in total. The number of carbonyl (C=O) groups excluding carboxylic acids is 2. The van der Waals surface area contributed by atoms with Gasteiger partial charge in [0.2, 0.25) is 17.6 Å². The summed E-state index contributed by atoms with van der Waals surface area (Å²) in [6.45, 7) is 0. The van der Waals surface area contributed by atoms with Crippen molar-refractivity contribution >= 4 is 39.9 Å². The summed E-state index contributed by atoms with van der Waals surface area (Å²) < 4.78 is 5.23. The number of aryl methyl sites for hydroxylation is 1. The molecule has 1 aromatic carbocycles. The average Bonchev–Trinajstić information content (AvgIpc) is 3.34. The second-order valence-corrected chi connectivity index (χ2v) is 8.15. The Labute approximate surface area is 171 Å². The Morgan fingerprint density at radius 1 is 1.21 bits per heavy atom. The molecule has 2 amide bonds. The molecule has 0 aliphatic carbocycles. The Hall–Kier alpha value is -2.65. The molecule has 0 aliphatic heterocycles. The van der Waals surface area contributed by atoms with E-state index in [1.807, 2.05) is 29.6 Å². The standard InChI is InChI=1S/C19H20N4O3S2/c1-23(2)19(25)28-14-10-8-13(9-11-14)20-16(24)6-3-7-17-21-18(22-26-17)15-5-4-12-27-15/h4-5,8-12H,3,6-7H2,1-2H3,(H,20,24). The van der Waals surface area contributed by atoms with Crippen molar-refractivity contribution in [1.82, 2.24) is 15.0 Å². The first-order valence-corrected chi connectivity index (χ1v) is 10.4. The molecule has 0 fully saturated rings. The number of carbonyl (C=O) groups is 2. The molecule has 0 spiro atoms. The predicted molar refractivity (Wildman–Crippen MR) is 111 cm³/mol. The highest BCUT2D eigenvalue weighted by Crippen LogP contribution is 2.23. The second-order valence-electron chi connectivity index (χ2n) is 6.18. The zero-order valence-electron chi connectivity index (χ0n) is 15.5. The molecule has 0 unspecified atom stereocenters. The smallest absolute Gasteiger partial charge is 0.285 e. The molecule has 0 radical (unpaired) electrons. The lowest BCUT2D eigenvalue weighted by atomic mass is 10.2. The van der Waals surface area contributed by atoms with E-state index in [0.717, 1.165) is 21.5 Å². The van der Waals surface area contributed by atoms with Crippen LogP contribution in [0.4, 0.5) is 10.5 Å². The van der Waals surface area contributed by atoms with Crippen LogP contribution in [-0.4, -0.2) is 40.3 Å². The minimum Gasteiger partial charge on any atom is -0.339 e. The quantitative estimate of drug-likeness (QED) is 0.569. The molecule has 146 valence electrons. The van der Waals surface area contributed by atoms with Crippen molar-refractivity contribution in [2.24, 2.45) is 0 Å². The summed E-state index contributed by atoms with van der Waals surface area (Å²) in [6.07, 6.45) is 1.52. The van der Waals surface area contributed by atoms with Crippen molar-refractivity contribution < 1.29 is 14.1 Å².